The third-order valence-electron chi connectivity index (χ3n) is 3.15. The summed E-state index contributed by atoms with van der Waals surface area (Å²) in [7, 11) is 1.40. The summed E-state index contributed by atoms with van der Waals surface area (Å²) in [6.45, 7) is 3.68. The van der Waals surface area contributed by atoms with Crippen LogP contribution in [-0.4, -0.2) is 31.7 Å². The van der Waals surface area contributed by atoms with E-state index < -0.39 is 0 Å². The van der Waals surface area contributed by atoms with Crippen molar-refractivity contribution in [3.63, 3.8) is 0 Å². The number of nitrogens with zero attached hydrogens (tertiary/aromatic N) is 1. The molecule has 1 heterocycles. The Kier molecular flexibility index (Phi) is 3.07. The number of hydrogen-bond donors (Lipinski definition) is 1. The Bertz CT molecular complexity index is 429. The monoisotopic (exact) mass is 234 g/mol. The molecule has 4 heteroatoms. The average Bonchev–Trinajstić information content (AvgIpc) is 2.68. The molecule has 1 aromatic rings. The second-order valence-electron chi connectivity index (χ2n) is 4.83. The van der Waals surface area contributed by atoms with Crippen molar-refractivity contribution in [2.24, 2.45) is 5.73 Å². The van der Waals surface area contributed by atoms with E-state index in [1.165, 1.54) is 7.11 Å². The van der Waals surface area contributed by atoms with Gasteiger partial charge in [-0.3, -0.25) is 0 Å². The van der Waals surface area contributed by atoms with Crippen LogP contribution in [0.1, 0.15) is 23.7 Å². The van der Waals surface area contributed by atoms with E-state index in [9.17, 15) is 4.79 Å². The lowest BCUT2D eigenvalue weighted by Gasteiger charge is -2.23. The Morgan fingerprint density at radius 1 is 1.47 bits per heavy atom. The van der Waals surface area contributed by atoms with Gasteiger partial charge in [-0.25, -0.2) is 4.79 Å². The summed E-state index contributed by atoms with van der Waals surface area (Å²) in [6, 6.07) is 7.49. The predicted octanol–water partition coefficient (Wildman–Crippen LogP) is 1.40. The highest BCUT2D eigenvalue weighted by atomic mass is 16.5. The minimum Gasteiger partial charge on any atom is -0.465 e. The van der Waals surface area contributed by atoms with Crippen molar-refractivity contribution in [1.29, 1.82) is 0 Å². The molecule has 0 bridgehead atoms. The number of para-hydroxylation sites is 1. The maximum Gasteiger partial charge on any atom is 0.339 e. The maximum absolute atomic E-state index is 11.7. The molecule has 2 N–H and O–H groups in total. The number of carbonyl (C=O) groups is 1. The van der Waals surface area contributed by atoms with Crippen LogP contribution in [-0.2, 0) is 4.74 Å². The molecule has 92 valence electrons. The molecule has 0 aromatic heterocycles. The van der Waals surface area contributed by atoms with Crippen molar-refractivity contribution in [2.75, 3.05) is 25.1 Å². The van der Waals surface area contributed by atoms with Gasteiger partial charge in [0.15, 0.2) is 0 Å². The molecule has 1 fully saturated rings. The summed E-state index contributed by atoms with van der Waals surface area (Å²) < 4.78 is 4.79. The molecule has 17 heavy (non-hydrogen) atoms. The molecule has 1 aliphatic heterocycles. The Hall–Kier alpha value is -1.55. The standard InChI is InChI=1S/C13H18N2O2/c1-13(14)7-8-15(9-13)11-6-4-3-5-10(11)12(16)17-2/h3-6H,7-9,14H2,1-2H3. The van der Waals surface area contributed by atoms with E-state index >= 15 is 0 Å². The summed E-state index contributed by atoms with van der Waals surface area (Å²) in [4.78, 5) is 13.8. The van der Waals surface area contributed by atoms with E-state index in [1.54, 1.807) is 6.07 Å². The first-order valence-electron chi connectivity index (χ1n) is 5.75. The van der Waals surface area contributed by atoms with Crippen LogP contribution in [0.4, 0.5) is 5.69 Å². The largest absolute Gasteiger partial charge is 0.465 e. The third-order valence-corrected chi connectivity index (χ3v) is 3.15. The topological polar surface area (TPSA) is 55.6 Å². The van der Waals surface area contributed by atoms with Crippen LogP contribution < -0.4 is 10.6 Å². The average molecular weight is 234 g/mol. The Morgan fingerprint density at radius 3 is 2.76 bits per heavy atom. The van der Waals surface area contributed by atoms with Crippen LogP contribution in [0.25, 0.3) is 0 Å². The smallest absolute Gasteiger partial charge is 0.339 e. The normalized spacial score (nSPS) is 23.8. The Labute approximate surface area is 101 Å². The van der Waals surface area contributed by atoms with Crippen LogP contribution >= 0.6 is 0 Å². The molecule has 0 amide bonds. The van der Waals surface area contributed by atoms with Crippen molar-refractivity contribution in [3.05, 3.63) is 29.8 Å². The van der Waals surface area contributed by atoms with E-state index in [1.807, 2.05) is 25.1 Å². The molecule has 2 rings (SSSR count). The van der Waals surface area contributed by atoms with Gasteiger partial charge >= 0.3 is 5.97 Å². The van der Waals surface area contributed by atoms with Gasteiger partial charge in [-0.15, -0.1) is 0 Å². The molecule has 1 aromatic carbocycles. The lowest BCUT2D eigenvalue weighted by molar-refractivity contribution is 0.0601. The fourth-order valence-electron chi connectivity index (χ4n) is 2.22. The van der Waals surface area contributed by atoms with Crippen molar-refractivity contribution in [1.82, 2.24) is 0 Å². The zero-order valence-electron chi connectivity index (χ0n) is 10.3. The molecule has 1 atom stereocenters. The van der Waals surface area contributed by atoms with E-state index in [4.69, 9.17) is 10.5 Å². The van der Waals surface area contributed by atoms with Gasteiger partial charge in [0.25, 0.3) is 0 Å². The van der Waals surface area contributed by atoms with Gasteiger partial charge in [-0.2, -0.15) is 0 Å². The second-order valence-corrected chi connectivity index (χ2v) is 4.83. The Morgan fingerprint density at radius 2 is 2.18 bits per heavy atom. The molecule has 1 unspecified atom stereocenters. The summed E-state index contributed by atoms with van der Waals surface area (Å²) >= 11 is 0. The summed E-state index contributed by atoms with van der Waals surface area (Å²) in [6.07, 6.45) is 0.933. The van der Waals surface area contributed by atoms with Gasteiger partial charge in [-0.1, -0.05) is 12.1 Å². The number of nitrogens with two attached hydrogens (primary N) is 1. The van der Waals surface area contributed by atoms with Gasteiger partial charge in [0.1, 0.15) is 0 Å². The number of rotatable bonds is 2. The third kappa shape index (κ3) is 2.42. The van der Waals surface area contributed by atoms with E-state index in [0.29, 0.717) is 5.56 Å². The van der Waals surface area contributed by atoms with Gasteiger partial charge in [0, 0.05) is 18.6 Å². The molecule has 4 nitrogen and oxygen atoms in total. The fraction of sp³-hybridized carbons (Fsp3) is 0.462. The minimum absolute atomic E-state index is 0.177. The Balaban J connectivity index is 2.30. The number of ether oxygens (including phenoxy) is 1. The summed E-state index contributed by atoms with van der Waals surface area (Å²) in [5.41, 5.74) is 7.44. The lowest BCUT2D eigenvalue weighted by atomic mass is 10.0. The van der Waals surface area contributed by atoms with Gasteiger partial charge in [-0.05, 0) is 25.5 Å². The molecule has 0 radical (unpaired) electrons. The lowest BCUT2D eigenvalue weighted by Crippen LogP contribution is -2.39. The second kappa shape index (κ2) is 4.37. The molecular formula is C13H18N2O2. The quantitative estimate of drug-likeness (QED) is 0.786. The number of methoxy groups -OCH3 is 1. The summed E-state index contributed by atoms with van der Waals surface area (Å²) in [5.74, 6) is -0.300. The van der Waals surface area contributed by atoms with Crippen molar-refractivity contribution < 1.29 is 9.53 Å². The number of hydrogen-bond acceptors (Lipinski definition) is 4. The molecule has 0 aliphatic carbocycles. The van der Waals surface area contributed by atoms with Gasteiger partial charge in [0.2, 0.25) is 0 Å². The zero-order chi connectivity index (χ0) is 12.5. The summed E-state index contributed by atoms with van der Waals surface area (Å²) in [5, 5.41) is 0. The first-order valence-corrected chi connectivity index (χ1v) is 5.75. The van der Waals surface area contributed by atoms with Crippen LogP contribution in [0.3, 0.4) is 0 Å². The number of esters is 1. The van der Waals surface area contributed by atoms with E-state index in [0.717, 1.165) is 25.2 Å². The number of carbonyl (C=O) groups excluding carboxylic acids is 1. The first-order chi connectivity index (χ1) is 8.03. The molecular weight excluding hydrogens is 216 g/mol. The highest BCUT2D eigenvalue weighted by molar-refractivity contribution is 5.95. The molecule has 0 spiro atoms. The minimum atomic E-state index is -0.300. The molecule has 1 aliphatic rings. The van der Waals surface area contributed by atoms with Crippen LogP contribution in [0, 0.1) is 0 Å². The van der Waals surface area contributed by atoms with Crippen molar-refractivity contribution in [2.45, 2.75) is 18.9 Å². The maximum atomic E-state index is 11.7. The van der Waals surface area contributed by atoms with Crippen LogP contribution in [0.15, 0.2) is 24.3 Å². The van der Waals surface area contributed by atoms with Gasteiger partial charge < -0.3 is 15.4 Å². The first kappa shape index (κ1) is 11.9. The number of anilines is 1. The van der Waals surface area contributed by atoms with E-state index in [-0.39, 0.29) is 11.5 Å². The predicted molar refractivity (Wildman–Crippen MR) is 67.2 cm³/mol. The SMILES string of the molecule is COC(=O)c1ccccc1N1CCC(C)(N)C1. The van der Waals surface area contributed by atoms with Crippen LogP contribution in [0.2, 0.25) is 0 Å². The van der Waals surface area contributed by atoms with Gasteiger partial charge in [0.05, 0.1) is 18.4 Å². The highest BCUT2D eigenvalue weighted by Gasteiger charge is 2.31. The van der Waals surface area contributed by atoms with E-state index in [2.05, 4.69) is 4.90 Å². The van der Waals surface area contributed by atoms with Crippen molar-refractivity contribution >= 4 is 11.7 Å². The molecule has 0 saturated carbocycles. The number of benzene rings is 1. The molecule has 1 saturated heterocycles. The fourth-order valence-corrected chi connectivity index (χ4v) is 2.22. The van der Waals surface area contributed by atoms with Crippen LogP contribution in [0.5, 0.6) is 0 Å². The highest BCUT2D eigenvalue weighted by Crippen LogP contribution is 2.28. The zero-order valence-corrected chi connectivity index (χ0v) is 10.3. The van der Waals surface area contributed by atoms with Crippen molar-refractivity contribution in [3.8, 4) is 0 Å².